The van der Waals surface area contributed by atoms with Crippen molar-refractivity contribution < 1.29 is 4.74 Å². The van der Waals surface area contributed by atoms with Crippen LogP contribution in [0.5, 0.6) is 5.75 Å². The average Bonchev–Trinajstić information content (AvgIpc) is 2.54. The molecule has 0 spiro atoms. The molecule has 1 atom stereocenters. The molecule has 0 unspecified atom stereocenters. The highest BCUT2D eigenvalue weighted by atomic mass is 16.5. The number of benzene rings is 1. The number of nitrogens with zero attached hydrogens (tertiary/aromatic N) is 1. The Bertz CT molecular complexity index is 477. The zero-order valence-electron chi connectivity index (χ0n) is 13.7. The highest BCUT2D eigenvalue weighted by Crippen LogP contribution is 2.36. The highest BCUT2D eigenvalue weighted by molar-refractivity contribution is 5.49. The zero-order valence-corrected chi connectivity index (χ0v) is 13.7. The fraction of sp³-hybridized carbons (Fsp3) is 0.684. The Morgan fingerprint density at radius 3 is 2.62 bits per heavy atom. The van der Waals surface area contributed by atoms with Crippen molar-refractivity contribution in [2.24, 2.45) is 0 Å². The first-order valence-corrected chi connectivity index (χ1v) is 8.84. The van der Waals surface area contributed by atoms with Crippen LogP contribution in [-0.4, -0.2) is 30.6 Å². The van der Waals surface area contributed by atoms with Gasteiger partial charge < -0.3 is 9.64 Å². The minimum absolute atomic E-state index is 0.717. The van der Waals surface area contributed by atoms with Crippen molar-refractivity contribution in [3.63, 3.8) is 0 Å². The van der Waals surface area contributed by atoms with Crippen LogP contribution < -0.4 is 4.74 Å². The smallest absolute Gasteiger partial charge is 0.125 e. The summed E-state index contributed by atoms with van der Waals surface area (Å²) in [6, 6.07) is 5.39. The Balaban J connectivity index is 1.83. The molecule has 0 radical (unpaired) electrons. The van der Waals surface area contributed by atoms with Crippen LogP contribution in [0.15, 0.2) is 12.1 Å². The van der Waals surface area contributed by atoms with Crippen LogP contribution in [0.25, 0.3) is 0 Å². The van der Waals surface area contributed by atoms with E-state index in [-0.39, 0.29) is 0 Å². The quantitative estimate of drug-likeness (QED) is 0.812. The SMILES string of the molecule is CCCN(CCC)[C@@H]1CCc2ccc3c(c2C1)OCCC3. The van der Waals surface area contributed by atoms with Crippen LogP contribution in [0.3, 0.4) is 0 Å². The molecule has 2 nitrogen and oxygen atoms in total. The summed E-state index contributed by atoms with van der Waals surface area (Å²) in [7, 11) is 0. The van der Waals surface area contributed by atoms with Crippen molar-refractivity contribution in [1.82, 2.24) is 4.90 Å². The van der Waals surface area contributed by atoms with E-state index < -0.39 is 0 Å². The van der Waals surface area contributed by atoms with Gasteiger partial charge in [0.15, 0.2) is 0 Å². The van der Waals surface area contributed by atoms with Gasteiger partial charge in [-0.15, -0.1) is 0 Å². The molecule has 0 aromatic heterocycles. The molecule has 1 aromatic rings. The normalized spacial score (nSPS) is 20.8. The fourth-order valence-electron chi connectivity index (χ4n) is 4.01. The zero-order chi connectivity index (χ0) is 14.7. The summed E-state index contributed by atoms with van der Waals surface area (Å²) in [6.45, 7) is 7.98. The van der Waals surface area contributed by atoms with E-state index >= 15 is 0 Å². The maximum atomic E-state index is 6.05. The molecule has 1 heterocycles. The lowest BCUT2D eigenvalue weighted by molar-refractivity contribution is 0.177. The Labute approximate surface area is 129 Å². The summed E-state index contributed by atoms with van der Waals surface area (Å²) in [4.78, 5) is 2.71. The van der Waals surface area contributed by atoms with Crippen molar-refractivity contribution in [3.05, 3.63) is 28.8 Å². The highest BCUT2D eigenvalue weighted by Gasteiger charge is 2.27. The molecule has 0 N–H and O–H groups in total. The van der Waals surface area contributed by atoms with E-state index in [1.165, 1.54) is 74.9 Å². The van der Waals surface area contributed by atoms with E-state index in [9.17, 15) is 0 Å². The molecule has 116 valence electrons. The minimum Gasteiger partial charge on any atom is -0.493 e. The Kier molecular flexibility index (Phi) is 4.84. The van der Waals surface area contributed by atoms with E-state index in [4.69, 9.17) is 4.74 Å². The Hall–Kier alpha value is -1.02. The molecular weight excluding hydrogens is 258 g/mol. The molecule has 1 aliphatic carbocycles. The number of hydrogen-bond acceptors (Lipinski definition) is 2. The number of fused-ring (bicyclic) bond motifs is 3. The third-order valence-corrected chi connectivity index (χ3v) is 5.00. The molecule has 0 fully saturated rings. The van der Waals surface area contributed by atoms with E-state index in [1.54, 1.807) is 5.56 Å². The monoisotopic (exact) mass is 287 g/mol. The first-order valence-electron chi connectivity index (χ1n) is 8.84. The first-order chi connectivity index (χ1) is 10.3. The van der Waals surface area contributed by atoms with Gasteiger partial charge in [0.05, 0.1) is 6.61 Å². The van der Waals surface area contributed by atoms with Gasteiger partial charge in [-0.25, -0.2) is 0 Å². The molecule has 3 rings (SSSR count). The van der Waals surface area contributed by atoms with Gasteiger partial charge in [0.25, 0.3) is 0 Å². The molecule has 2 heteroatoms. The van der Waals surface area contributed by atoms with Crippen molar-refractivity contribution >= 4 is 0 Å². The lowest BCUT2D eigenvalue weighted by Crippen LogP contribution is -2.40. The molecule has 21 heavy (non-hydrogen) atoms. The van der Waals surface area contributed by atoms with Crippen molar-refractivity contribution in [2.45, 2.75) is 64.8 Å². The maximum Gasteiger partial charge on any atom is 0.125 e. The summed E-state index contributed by atoms with van der Waals surface area (Å²) in [6.07, 6.45) is 8.61. The standard InChI is InChI=1S/C19H29NO/c1-3-11-20(12-4-2)17-10-9-15-7-8-16-6-5-13-21-19(16)18(15)14-17/h7-8,17H,3-6,9-14H2,1-2H3/t17-/m1/s1. The molecule has 0 saturated carbocycles. The van der Waals surface area contributed by atoms with Crippen molar-refractivity contribution in [3.8, 4) is 5.75 Å². The van der Waals surface area contributed by atoms with Gasteiger partial charge in [-0.05, 0) is 74.7 Å². The van der Waals surface area contributed by atoms with Gasteiger partial charge >= 0.3 is 0 Å². The number of aryl methyl sites for hydroxylation is 2. The summed E-state index contributed by atoms with van der Waals surface area (Å²) < 4.78 is 6.05. The van der Waals surface area contributed by atoms with Gasteiger partial charge in [0.1, 0.15) is 5.75 Å². The average molecular weight is 287 g/mol. The third-order valence-electron chi connectivity index (χ3n) is 5.00. The van der Waals surface area contributed by atoms with Crippen LogP contribution in [0.1, 0.15) is 56.2 Å². The van der Waals surface area contributed by atoms with Crippen LogP contribution in [0.4, 0.5) is 0 Å². The van der Waals surface area contributed by atoms with E-state index in [0.717, 1.165) is 12.6 Å². The van der Waals surface area contributed by atoms with Gasteiger partial charge in [-0.2, -0.15) is 0 Å². The van der Waals surface area contributed by atoms with E-state index in [1.807, 2.05) is 0 Å². The second-order valence-corrected chi connectivity index (χ2v) is 6.58. The van der Waals surface area contributed by atoms with Crippen molar-refractivity contribution in [2.75, 3.05) is 19.7 Å². The predicted molar refractivity (Wildman–Crippen MR) is 88.2 cm³/mol. The molecule has 0 saturated heterocycles. The van der Waals surface area contributed by atoms with Crippen LogP contribution >= 0.6 is 0 Å². The predicted octanol–water partition coefficient (Wildman–Crippen LogP) is 3.99. The third kappa shape index (κ3) is 3.11. The topological polar surface area (TPSA) is 12.5 Å². The summed E-state index contributed by atoms with van der Waals surface area (Å²) in [5.41, 5.74) is 4.51. The summed E-state index contributed by atoms with van der Waals surface area (Å²) in [5, 5.41) is 0. The number of rotatable bonds is 5. The molecule has 1 aliphatic heterocycles. The first kappa shape index (κ1) is 14.9. The second-order valence-electron chi connectivity index (χ2n) is 6.58. The van der Waals surface area contributed by atoms with Crippen LogP contribution in [0, 0.1) is 0 Å². The van der Waals surface area contributed by atoms with Gasteiger partial charge in [0, 0.05) is 6.04 Å². The van der Waals surface area contributed by atoms with E-state index in [0.29, 0.717) is 0 Å². The molecular formula is C19H29NO. The fourth-order valence-corrected chi connectivity index (χ4v) is 4.01. The summed E-state index contributed by atoms with van der Waals surface area (Å²) in [5.74, 6) is 1.25. The molecule has 1 aromatic carbocycles. The second kappa shape index (κ2) is 6.83. The number of ether oxygens (including phenoxy) is 1. The summed E-state index contributed by atoms with van der Waals surface area (Å²) >= 11 is 0. The lowest BCUT2D eigenvalue weighted by Gasteiger charge is -2.36. The molecule has 0 bridgehead atoms. The maximum absolute atomic E-state index is 6.05. The molecule has 2 aliphatic rings. The van der Waals surface area contributed by atoms with E-state index in [2.05, 4.69) is 30.9 Å². The lowest BCUT2D eigenvalue weighted by atomic mass is 9.84. The largest absolute Gasteiger partial charge is 0.493 e. The molecule has 0 amide bonds. The number of hydrogen-bond donors (Lipinski definition) is 0. The Morgan fingerprint density at radius 1 is 1.10 bits per heavy atom. The van der Waals surface area contributed by atoms with Crippen LogP contribution in [-0.2, 0) is 19.3 Å². The van der Waals surface area contributed by atoms with Gasteiger partial charge in [-0.1, -0.05) is 26.0 Å². The van der Waals surface area contributed by atoms with Gasteiger partial charge in [0.2, 0.25) is 0 Å². The minimum atomic E-state index is 0.717. The Morgan fingerprint density at radius 2 is 1.86 bits per heavy atom. The van der Waals surface area contributed by atoms with Crippen molar-refractivity contribution in [1.29, 1.82) is 0 Å². The van der Waals surface area contributed by atoms with Gasteiger partial charge in [-0.3, -0.25) is 0 Å². The van der Waals surface area contributed by atoms with Crippen LogP contribution in [0.2, 0.25) is 0 Å².